The zero-order valence-electron chi connectivity index (χ0n) is 49.3. The highest BCUT2D eigenvalue weighted by molar-refractivity contribution is 7.00. The maximum absolute atomic E-state index is 6.46. The van der Waals surface area contributed by atoms with Gasteiger partial charge in [0.05, 0.1) is 22.4 Å². The van der Waals surface area contributed by atoms with Crippen LogP contribution >= 0.6 is 0 Å². The number of rotatable bonds is 4. The Labute approximate surface area is 468 Å². The molecule has 0 saturated heterocycles. The Morgan fingerprint density at radius 2 is 0.886 bits per heavy atom. The summed E-state index contributed by atoms with van der Waals surface area (Å²) in [5.74, 6) is 0. The molecule has 79 heavy (non-hydrogen) atoms. The van der Waals surface area contributed by atoms with Gasteiger partial charge in [0, 0.05) is 50.0 Å². The highest BCUT2D eigenvalue weighted by atomic mass is 16.3. The van der Waals surface area contributed by atoms with E-state index < -0.39 is 0 Å². The number of furan rings is 1. The van der Waals surface area contributed by atoms with Crippen LogP contribution in [-0.4, -0.2) is 11.3 Å². The van der Waals surface area contributed by atoms with Gasteiger partial charge in [0.25, 0.3) is 6.71 Å². The minimum atomic E-state index is -0.180. The maximum atomic E-state index is 6.46. The van der Waals surface area contributed by atoms with Crippen LogP contribution in [0.3, 0.4) is 0 Å². The number of aryl methyl sites for hydroxylation is 4. The summed E-state index contributed by atoms with van der Waals surface area (Å²) < 4.78 is 8.97. The lowest BCUT2D eigenvalue weighted by Crippen LogP contribution is -2.61. The van der Waals surface area contributed by atoms with Crippen LogP contribution < -0.4 is 26.2 Å². The van der Waals surface area contributed by atoms with Gasteiger partial charge < -0.3 is 18.8 Å². The average Bonchev–Trinajstić information content (AvgIpc) is 3.38. The smallest absolute Gasteiger partial charge is 0.252 e. The SMILES string of the molecule is Cc1cc(-c2cccc3oc4ccccc4c23)cc(C)c1N1c2cc(C(C)(C)C)ccc2B2c3cc4c5cc(C(C)(C)C)ccc5n(-c5ccccc5)c4cc3N(c3c(C)cc(C(C)(C)C)cc3C)c3cc(C(C)(C)C)cc1c32. The molecular weight excluding hydrogens is 958 g/mol. The third kappa shape index (κ3) is 7.92. The lowest BCUT2D eigenvalue weighted by molar-refractivity contribution is 0.589. The van der Waals surface area contributed by atoms with Crippen molar-refractivity contribution < 1.29 is 4.42 Å². The molecule has 0 fully saturated rings. The van der Waals surface area contributed by atoms with Gasteiger partial charge in [-0.2, -0.15) is 0 Å². The van der Waals surface area contributed by atoms with Crippen molar-refractivity contribution in [2.45, 2.75) is 132 Å². The monoisotopic (exact) mass is 1030 g/mol. The molecule has 0 aliphatic carbocycles. The van der Waals surface area contributed by atoms with E-state index in [-0.39, 0.29) is 28.4 Å². The predicted octanol–water partition coefficient (Wildman–Crippen LogP) is 18.9. The fraction of sp³-hybridized carbons (Fsp3) is 0.270. The summed E-state index contributed by atoms with van der Waals surface area (Å²) in [6.07, 6.45) is 0. The molecule has 0 N–H and O–H groups in total. The Hall–Kier alpha value is -7.76. The first-order valence-electron chi connectivity index (χ1n) is 28.6. The molecule has 0 spiro atoms. The van der Waals surface area contributed by atoms with E-state index >= 15 is 0 Å². The zero-order chi connectivity index (χ0) is 55.6. The van der Waals surface area contributed by atoms with Crippen LogP contribution in [0.2, 0.25) is 0 Å². The van der Waals surface area contributed by atoms with Gasteiger partial charge in [0.1, 0.15) is 11.2 Å². The third-order valence-electron chi connectivity index (χ3n) is 17.6. The Bertz CT molecular complexity index is 4300. The molecule has 0 bridgehead atoms. The summed E-state index contributed by atoms with van der Waals surface area (Å²) in [4.78, 5) is 5.37. The van der Waals surface area contributed by atoms with Crippen molar-refractivity contribution in [3.05, 3.63) is 202 Å². The lowest BCUT2D eigenvalue weighted by atomic mass is 9.33. The first-order chi connectivity index (χ1) is 37.4. The van der Waals surface area contributed by atoms with Gasteiger partial charge >= 0.3 is 0 Å². The topological polar surface area (TPSA) is 24.6 Å². The van der Waals surface area contributed by atoms with Gasteiger partial charge in [-0.1, -0.05) is 168 Å². The summed E-state index contributed by atoms with van der Waals surface area (Å²) in [7, 11) is 0. The summed E-state index contributed by atoms with van der Waals surface area (Å²) >= 11 is 0. The van der Waals surface area contributed by atoms with Crippen molar-refractivity contribution in [3.63, 3.8) is 0 Å². The van der Waals surface area contributed by atoms with E-state index in [4.69, 9.17) is 4.42 Å². The second-order valence-electron chi connectivity index (χ2n) is 27.3. The highest BCUT2D eigenvalue weighted by Gasteiger charge is 2.46. The van der Waals surface area contributed by atoms with Gasteiger partial charge in [-0.05, 0) is 194 Å². The maximum Gasteiger partial charge on any atom is 0.252 e. The van der Waals surface area contributed by atoms with E-state index in [9.17, 15) is 0 Å². The van der Waals surface area contributed by atoms with Crippen LogP contribution in [0, 0.1) is 27.7 Å². The number of anilines is 6. The number of benzene rings is 9. The largest absolute Gasteiger partial charge is 0.456 e. The Morgan fingerprint density at radius 1 is 0.380 bits per heavy atom. The number of para-hydroxylation sites is 2. The molecule has 4 nitrogen and oxygen atoms in total. The van der Waals surface area contributed by atoms with Crippen molar-refractivity contribution in [3.8, 4) is 16.8 Å². The molecule has 2 aliphatic rings. The van der Waals surface area contributed by atoms with Gasteiger partial charge in [-0.25, -0.2) is 0 Å². The van der Waals surface area contributed by atoms with E-state index in [0.29, 0.717) is 0 Å². The second kappa shape index (κ2) is 17.4. The molecular formula is C74H74BN3O. The van der Waals surface area contributed by atoms with Crippen molar-refractivity contribution >= 4 is 101 Å². The van der Waals surface area contributed by atoms with Crippen LogP contribution in [0.1, 0.15) is 128 Å². The number of hydrogen-bond acceptors (Lipinski definition) is 3. The fourth-order valence-electron chi connectivity index (χ4n) is 13.4. The van der Waals surface area contributed by atoms with Crippen LogP contribution in [0.5, 0.6) is 0 Å². The highest BCUT2D eigenvalue weighted by Crippen LogP contribution is 2.51. The number of hydrogen-bond donors (Lipinski definition) is 0. The Kier molecular flexibility index (Phi) is 11.2. The lowest BCUT2D eigenvalue weighted by Gasteiger charge is -2.46. The molecule has 0 radical (unpaired) electrons. The van der Waals surface area contributed by atoms with Crippen molar-refractivity contribution in [2.75, 3.05) is 9.80 Å². The van der Waals surface area contributed by atoms with E-state index in [1.54, 1.807) is 0 Å². The van der Waals surface area contributed by atoms with Crippen molar-refractivity contribution in [1.82, 2.24) is 4.57 Å². The van der Waals surface area contributed by atoms with Crippen LogP contribution in [0.25, 0.3) is 60.6 Å². The molecule has 11 aromatic rings. The van der Waals surface area contributed by atoms with Crippen LogP contribution in [0.4, 0.5) is 34.1 Å². The molecule has 0 atom stereocenters. The molecule has 0 saturated carbocycles. The zero-order valence-corrected chi connectivity index (χ0v) is 49.3. The first-order valence-corrected chi connectivity index (χ1v) is 28.6. The average molecular weight is 1030 g/mol. The summed E-state index contributed by atoms with van der Waals surface area (Å²) in [5, 5.41) is 4.86. The normalized spacial score (nSPS) is 13.7. The number of nitrogens with zero attached hydrogens (tertiary/aromatic N) is 3. The van der Waals surface area contributed by atoms with Gasteiger partial charge in [-0.3, -0.25) is 0 Å². The number of aromatic nitrogens is 1. The fourth-order valence-corrected chi connectivity index (χ4v) is 13.4. The minimum Gasteiger partial charge on any atom is -0.456 e. The first kappa shape index (κ1) is 50.7. The summed E-state index contributed by atoms with van der Waals surface area (Å²) in [6, 6.07) is 60.6. The third-order valence-corrected chi connectivity index (χ3v) is 17.6. The molecule has 0 amide bonds. The summed E-state index contributed by atoms with van der Waals surface area (Å²) in [6.45, 7) is 37.5. The van der Waals surface area contributed by atoms with Crippen LogP contribution in [0.15, 0.2) is 162 Å². The van der Waals surface area contributed by atoms with E-state index in [1.807, 2.05) is 0 Å². The van der Waals surface area contributed by atoms with Gasteiger partial charge in [0.2, 0.25) is 0 Å². The molecule has 9 aromatic carbocycles. The molecule has 2 aromatic heterocycles. The van der Waals surface area contributed by atoms with E-state index in [0.717, 1.165) is 27.6 Å². The molecule has 0 unspecified atom stereocenters. The number of fused-ring (bicyclic) bond motifs is 10. The molecule has 4 heterocycles. The van der Waals surface area contributed by atoms with E-state index in [2.05, 4.69) is 283 Å². The standard InChI is InChI=1S/C74H74BN3O/c1-43-33-47(53-26-22-28-66-67(53)54-25-20-21-27-65(54)79-66)34-44(2)69(43)77-61-38-49(72(8,9)10)29-31-57(61)75-58-41-56-55-37-48(71(5,6)7)30-32-59(55)76(52-23-18-17-19-24-52)60(56)42-62(58)78(64-40-51(74(14,15)16)39-63(77)68(64)75)70-45(3)35-50(36-46(70)4)73(11,12)13/h17-42H,1-16H3. The second-order valence-corrected chi connectivity index (χ2v) is 27.3. The van der Waals surface area contributed by atoms with Crippen LogP contribution in [-0.2, 0) is 21.7 Å². The summed E-state index contributed by atoms with van der Waals surface area (Å²) in [5.41, 5.74) is 29.2. The predicted molar refractivity (Wildman–Crippen MR) is 341 cm³/mol. The van der Waals surface area contributed by atoms with Gasteiger partial charge in [-0.15, -0.1) is 0 Å². The van der Waals surface area contributed by atoms with Gasteiger partial charge in [0.15, 0.2) is 0 Å². The van der Waals surface area contributed by atoms with Crippen molar-refractivity contribution in [1.29, 1.82) is 0 Å². The molecule has 13 rings (SSSR count). The van der Waals surface area contributed by atoms with Crippen molar-refractivity contribution in [2.24, 2.45) is 0 Å². The molecule has 2 aliphatic heterocycles. The quantitative estimate of drug-likeness (QED) is 0.164. The molecule has 5 heteroatoms. The Balaban J connectivity index is 1.16. The Morgan fingerprint density at radius 3 is 1.51 bits per heavy atom. The molecule has 394 valence electrons. The minimum absolute atomic E-state index is 0.0147. The van der Waals surface area contributed by atoms with E-state index in [1.165, 1.54) is 128 Å².